The van der Waals surface area contributed by atoms with Gasteiger partial charge in [0.05, 0.1) is 25.1 Å². The molecule has 0 aromatic carbocycles. The Bertz CT molecular complexity index is 624. The SMILES string of the molecule is Cl.NCC1(CC(=O)Nc2cnn(CC(=O)N3CCOCC3)c2)CCCCC1. The molecular formula is C18H30ClN5O3. The van der Waals surface area contributed by atoms with Crippen LogP contribution in [0.25, 0.3) is 0 Å². The van der Waals surface area contributed by atoms with Gasteiger partial charge in [-0.1, -0.05) is 19.3 Å². The molecule has 1 saturated carbocycles. The van der Waals surface area contributed by atoms with Crippen LogP contribution in [0.3, 0.4) is 0 Å². The zero-order valence-electron chi connectivity index (χ0n) is 15.7. The molecule has 2 fully saturated rings. The molecule has 2 heterocycles. The standard InChI is InChI=1S/C18H29N5O3.ClH/c19-14-18(4-2-1-3-5-18)10-16(24)21-15-11-20-23(12-15)13-17(25)22-6-8-26-9-7-22;/h11-12H,1-10,13-14,19H2,(H,21,24);1H. The van der Waals surface area contributed by atoms with Crippen molar-refractivity contribution in [3.05, 3.63) is 12.4 Å². The van der Waals surface area contributed by atoms with Crippen LogP contribution in [0.15, 0.2) is 12.4 Å². The first-order valence-corrected chi connectivity index (χ1v) is 9.48. The number of hydrogen-bond donors (Lipinski definition) is 2. The molecule has 2 amide bonds. The average molecular weight is 400 g/mol. The summed E-state index contributed by atoms with van der Waals surface area (Å²) in [5.41, 5.74) is 6.52. The lowest BCUT2D eigenvalue weighted by Crippen LogP contribution is -2.42. The van der Waals surface area contributed by atoms with Crippen molar-refractivity contribution >= 4 is 29.9 Å². The van der Waals surface area contributed by atoms with E-state index in [-0.39, 0.29) is 36.2 Å². The highest BCUT2D eigenvalue weighted by molar-refractivity contribution is 5.91. The van der Waals surface area contributed by atoms with Crippen molar-refractivity contribution < 1.29 is 14.3 Å². The molecule has 8 nitrogen and oxygen atoms in total. The molecule has 0 radical (unpaired) electrons. The summed E-state index contributed by atoms with van der Waals surface area (Å²) in [5.74, 6) is -0.0185. The van der Waals surface area contributed by atoms with Crippen LogP contribution in [0.4, 0.5) is 5.69 Å². The molecule has 152 valence electrons. The van der Waals surface area contributed by atoms with Crippen LogP contribution in [0.1, 0.15) is 38.5 Å². The second-order valence-electron chi connectivity index (χ2n) is 7.41. The highest BCUT2D eigenvalue weighted by Gasteiger charge is 2.33. The fourth-order valence-electron chi connectivity index (χ4n) is 3.87. The largest absolute Gasteiger partial charge is 0.378 e. The highest BCUT2D eigenvalue weighted by atomic mass is 35.5. The number of ether oxygens (including phenoxy) is 1. The number of amides is 2. The van der Waals surface area contributed by atoms with Crippen molar-refractivity contribution in [3.63, 3.8) is 0 Å². The molecule has 0 atom stereocenters. The summed E-state index contributed by atoms with van der Waals surface area (Å²) in [6.45, 7) is 3.11. The van der Waals surface area contributed by atoms with E-state index in [1.165, 1.54) is 6.42 Å². The van der Waals surface area contributed by atoms with E-state index in [2.05, 4.69) is 10.4 Å². The summed E-state index contributed by atoms with van der Waals surface area (Å²) in [6.07, 6.45) is 9.29. The lowest BCUT2D eigenvalue weighted by atomic mass is 9.71. The minimum Gasteiger partial charge on any atom is -0.378 e. The van der Waals surface area contributed by atoms with E-state index in [0.29, 0.717) is 45.0 Å². The molecule has 1 aliphatic heterocycles. The van der Waals surface area contributed by atoms with Gasteiger partial charge in [-0.15, -0.1) is 12.4 Å². The van der Waals surface area contributed by atoms with Gasteiger partial charge in [0.2, 0.25) is 11.8 Å². The average Bonchev–Trinajstić information content (AvgIpc) is 3.09. The van der Waals surface area contributed by atoms with Crippen LogP contribution in [-0.4, -0.2) is 59.3 Å². The number of carbonyl (C=O) groups excluding carboxylic acids is 2. The Morgan fingerprint density at radius 3 is 2.59 bits per heavy atom. The van der Waals surface area contributed by atoms with Gasteiger partial charge in [0.25, 0.3) is 0 Å². The van der Waals surface area contributed by atoms with Gasteiger partial charge in [0.15, 0.2) is 0 Å². The zero-order chi connectivity index (χ0) is 18.4. The van der Waals surface area contributed by atoms with Gasteiger partial charge in [0, 0.05) is 25.7 Å². The molecule has 9 heteroatoms. The van der Waals surface area contributed by atoms with Crippen molar-refractivity contribution in [1.29, 1.82) is 0 Å². The van der Waals surface area contributed by atoms with Crippen LogP contribution in [0, 0.1) is 5.41 Å². The third kappa shape index (κ3) is 5.92. The molecule has 1 aliphatic carbocycles. The maximum atomic E-state index is 12.4. The molecule has 1 aromatic rings. The van der Waals surface area contributed by atoms with Crippen LogP contribution >= 0.6 is 12.4 Å². The minimum atomic E-state index is -0.0649. The molecule has 2 aliphatic rings. The van der Waals surface area contributed by atoms with Crippen molar-refractivity contribution in [3.8, 4) is 0 Å². The van der Waals surface area contributed by atoms with E-state index in [9.17, 15) is 9.59 Å². The Balaban J connectivity index is 0.00000261. The lowest BCUT2D eigenvalue weighted by molar-refractivity contribution is -0.136. The first kappa shape index (κ1) is 21.7. The second kappa shape index (κ2) is 10.1. The van der Waals surface area contributed by atoms with E-state index < -0.39 is 0 Å². The molecule has 0 bridgehead atoms. The topological polar surface area (TPSA) is 102 Å². The Kier molecular flexibility index (Phi) is 8.07. The molecule has 0 unspecified atom stereocenters. The van der Waals surface area contributed by atoms with Crippen LogP contribution in [-0.2, 0) is 20.9 Å². The number of morpholine rings is 1. The Labute approximate surface area is 166 Å². The van der Waals surface area contributed by atoms with Crippen LogP contribution in [0.5, 0.6) is 0 Å². The Hall–Kier alpha value is -1.64. The summed E-state index contributed by atoms with van der Waals surface area (Å²) in [7, 11) is 0. The summed E-state index contributed by atoms with van der Waals surface area (Å²) < 4.78 is 6.82. The third-order valence-corrected chi connectivity index (χ3v) is 5.46. The number of hydrogen-bond acceptors (Lipinski definition) is 5. The molecule has 1 saturated heterocycles. The number of nitrogens with two attached hydrogens (primary N) is 1. The number of aromatic nitrogens is 2. The maximum Gasteiger partial charge on any atom is 0.244 e. The summed E-state index contributed by atoms with van der Waals surface area (Å²) >= 11 is 0. The van der Waals surface area contributed by atoms with Gasteiger partial charge >= 0.3 is 0 Å². The van der Waals surface area contributed by atoms with E-state index >= 15 is 0 Å². The molecular weight excluding hydrogens is 370 g/mol. The Morgan fingerprint density at radius 1 is 1.22 bits per heavy atom. The second-order valence-corrected chi connectivity index (χ2v) is 7.41. The summed E-state index contributed by atoms with van der Waals surface area (Å²) in [5, 5.41) is 7.09. The van der Waals surface area contributed by atoms with Gasteiger partial charge in [-0.05, 0) is 24.8 Å². The molecule has 3 N–H and O–H groups in total. The number of nitrogens with zero attached hydrogens (tertiary/aromatic N) is 3. The number of rotatable bonds is 6. The number of nitrogens with one attached hydrogen (secondary N) is 1. The van der Waals surface area contributed by atoms with Crippen molar-refractivity contribution in [1.82, 2.24) is 14.7 Å². The minimum absolute atomic E-state index is 0. The Morgan fingerprint density at radius 2 is 1.93 bits per heavy atom. The first-order valence-electron chi connectivity index (χ1n) is 9.48. The van der Waals surface area contributed by atoms with E-state index in [4.69, 9.17) is 10.5 Å². The van der Waals surface area contributed by atoms with Crippen molar-refractivity contribution in [2.24, 2.45) is 11.1 Å². The molecule has 3 rings (SSSR count). The quantitative estimate of drug-likeness (QED) is 0.752. The smallest absolute Gasteiger partial charge is 0.244 e. The number of anilines is 1. The van der Waals surface area contributed by atoms with Gasteiger partial charge in [0.1, 0.15) is 6.54 Å². The summed E-state index contributed by atoms with van der Waals surface area (Å²) in [6, 6.07) is 0. The van der Waals surface area contributed by atoms with Crippen molar-refractivity contribution in [2.75, 3.05) is 38.2 Å². The van der Waals surface area contributed by atoms with Crippen LogP contribution < -0.4 is 11.1 Å². The lowest BCUT2D eigenvalue weighted by Gasteiger charge is -2.35. The highest BCUT2D eigenvalue weighted by Crippen LogP contribution is 2.38. The zero-order valence-corrected chi connectivity index (χ0v) is 16.5. The van der Waals surface area contributed by atoms with Gasteiger partial charge in [-0.3, -0.25) is 14.3 Å². The molecule has 1 aromatic heterocycles. The van der Waals surface area contributed by atoms with Crippen LogP contribution in [0.2, 0.25) is 0 Å². The van der Waals surface area contributed by atoms with Crippen molar-refractivity contribution in [2.45, 2.75) is 45.1 Å². The van der Waals surface area contributed by atoms with E-state index in [1.807, 2.05) is 0 Å². The predicted octanol–water partition coefficient (Wildman–Crippen LogP) is 1.40. The monoisotopic (exact) mass is 399 g/mol. The van der Waals surface area contributed by atoms with Gasteiger partial charge in [-0.2, -0.15) is 5.10 Å². The summed E-state index contributed by atoms with van der Waals surface area (Å²) in [4.78, 5) is 26.5. The van der Waals surface area contributed by atoms with Gasteiger partial charge in [-0.25, -0.2) is 0 Å². The fourth-order valence-corrected chi connectivity index (χ4v) is 3.87. The predicted molar refractivity (Wildman–Crippen MR) is 105 cm³/mol. The first-order chi connectivity index (χ1) is 12.6. The number of carbonyl (C=O) groups is 2. The number of halogens is 1. The maximum absolute atomic E-state index is 12.4. The van der Waals surface area contributed by atoms with E-state index in [1.54, 1.807) is 22.0 Å². The van der Waals surface area contributed by atoms with Gasteiger partial charge < -0.3 is 20.7 Å². The normalized spacial score (nSPS) is 19.2. The van der Waals surface area contributed by atoms with E-state index in [0.717, 1.165) is 25.7 Å². The fraction of sp³-hybridized carbons (Fsp3) is 0.722. The molecule has 27 heavy (non-hydrogen) atoms. The third-order valence-electron chi connectivity index (χ3n) is 5.46. The molecule has 0 spiro atoms.